The molecule has 3 N–H and O–H groups in total. The van der Waals surface area contributed by atoms with Crippen LogP contribution in [0, 0.1) is 5.92 Å². The Morgan fingerprint density at radius 1 is 1.21 bits per heavy atom. The first-order chi connectivity index (χ1) is 11.7. The van der Waals surface area contributed by atoms with Crippen LogP contribution < -0.4 is 10.7 Å². The lowest BCUT2D eigenvalue weighted by Gasteiger charge is -2.18. The number of benzene rings is 1. The molecule has 1 unspecified atom stereocenters. The van der Waals surface area contributed by atoms with Crippen LogP contribution in [-0.4, -0.2) is 9.55 Å². The smallest absolute Gasteiger partial charge is 0.258 e. The number of H-pyrrole nitrogens is 1. The maximum Gasteiger partial charge on any atom is 0.258 e. The molecule has 1 aliphatic carbocycles. The number of pyridine rings is 1. The summed E-state index contributed by atoms with van der Waals surface area (Å²) < 4.78 is 2.32. The SMILES string of the molecule is C[C@H]1CCCC1n1cc(-c2ccc(SN)cc2)c2c(=O)[nH]ccc21. The van der Waals surface area contributed by atoms with E-state index in [1.807, 2.05) is 30.3 Å². The second-order valence-corrected chi connectivity index (χ2v) is 7.34. The van der Waals surface area contributed by atoms with Crippen LogP contribution in [0.15, 0.2) is 52.4 Å². The molecule has 4 nitrogen and oxygen atoms in total. The van der Waals surface area contributed by atoms with Gasteiger partial charge in [0.1, 0.15) is 0 Å². The first kappa shape index (κ1) is 15.5. The van der Waals surface area contributed by atoms with Gasteiger partial charge in [-0.05, 0) is 54.5 Å². The molecule has 124 valence electrons. The Balaban J connectivity index is 1.93. The fourth-order valence-corrected chi connectivity index (χ4v) is 4.26. The van der Waals surface area contributed by atoms with Gasteiger partial charge in [-0.25, -0.2) is 0 Å². The number of fused-ring (bicyclic) bond motifs is 1. The van der Waals surface area contributed by atoms with Crippen molar-refractivity contribution in [3.8, 4) is 11.1 Å². The minimum Gasteiger partial charge on any atom is -0.343 e. The van der Waals surface area contributed by atoms with Gasteiger partial charge in [0.2, 0.25) is 0 Å². The van der Waals surface area contributed by atoms with Crippen LogP contribution in [0.3, 0.4) is 0 Å². The van der Waals surface area contributed by atoms with Gasteiger partial charge in [0.25, 0.3) is 5.56 Å². The number of rotatable bonds is 3. The van der Waals surface area contributed by atoms with Crippen molar-refractivity contribution < 1.29 is 0 Å². The maximum atomic E-state index is 12.5. The summed E-state index contributed by atoms with van der Waals surface area (Å²) in [4.78, 5) is 16.4. The van der Waals surface area contributed by atoms with Gasteiger partial charge in [0.15, 0.2) is 0 Å². The van der Waals surface area contributed by atoms with Crippen molar-refractivity contribution in [3.63, 3.8) is 0 Å². The Bertz CT molecular complexity index is 926. The summed E-state index contributed by atoms with van der Waals surface area (Å²) in [5.74, 6) is 0.642. The fourth-order valence-electron chi connectivity index (χ4n) is 3.96. The van der Waals surface area contributed by atoms with E-state index in [-0.39, 0.29) is 5.56 Å². The Kier molecular flexibility index (Phi) is 3.98. The summed E-state index contributed by atoms with van der Waals surface area (Å²) >= 11 is 1.23. The highest BCUT2D eigenvalue weighted by molar-refractivity contribution is 7.97. The van der Waals surface area contributed by atoms with Crippen LogP contribution in [0.2, 0.25) is 0 Å². The van der Waals surface area contributed by atoms with Crippen LogP contribution in [0.5, 0.6) is 0 Å². The molecular weight excluding hydrogens is 318 g/mol. The number of hydrogen-bond donors (Lipinski definition) is 2. The molecule has 0 aliphatic heterocycles. The first-order valence-electron chi connectivity index (χ1n) is 8.38. The van der Waals surface area contributed by atoms with E-state index in [9.17, 15) is 4.79 Å². The molecule has 1 aromatic carbocycles. The number of aromatic nitrogens is 2. The van der Waals surface area contributed by atoms with E-state index in [2.05, 4.69) is 22.7 Å². The zero-order valence-electron chi connectivity index (χ0n) is 13.7. The summed E-state index contributed by atoms with van der Waals surface area (Å²) in [7, 11) is 0. The second-order valence-electron chi connectivity index (χ2n) is 6.63. The topological polar surface area (TPSA) is 63.8 Å². The van der Waals surface area contributed by atoms with E-state index in [1.54, 1.807) is 6.20 Å². The Hall–Kier alpha value is -1.98. The molecule has 1 aliphatic rings. The van der Waals surface area contributed by atoms with Gasteiger partial charge in [0, 0.05) is 28.9 Å². The van der Waals surface area contributed by atoms with Crippen LogP contribution in [0.1, 0.15) is 32.2 Å². The minimum atomic E-state index is -0.0239. The molecule has 2 atom stereocenters. The van der Waals surface area contributed by atoms with Crippen molar-refractivity contribution in [1.29, 1.82) is 0 Å². The van der Waals surface area contributed by atoms with Crippen LogP contribution in [0.25, 0.3) is 22.0 Å². The largest absolute Gasteiger partial charge is 0.343 e. The minimum absolute atomic E-state index is 0.0239. The Labute approximate surface area is 145 Å². The summed E-state index contributed by atoms with van der Waals surface area (Å²) in [6.07, 6.45) is 7.60. The van der Waals surface area contributed by atoms with Gasteiger partial charge in [-0.1, -0.05) is 25.5 Å². The molecule has 0 bridgehead atoms. The summed E-state index contributed by atoms with van der Waals surface area (Å²) in [5, 5.41) is 6.40. The average Bonchev–Trinajstić information content (AvgIpc) is 3.19. The van der Waals surface area contributed by atoms with Gasteiger partial charge >= 0.3 is 0 Å². The zero-order valence-corrected chi connectivity index (χ0v) is 14.5. The number of nitrogens with one attached hydrogen (secondary N) is 1. The highest BCUT2D eigenvalue weighted by atomic mass is 32.2. The zero-order chi connectivity index (χ0) is 16.7. The number of nitrogens with two attached hydrogens (primary N) is 1. The van der Waals surface area contributed by atoms with E-state index in [4.69, 9.17) is 5.14 Å². The Morgan fingerprint density at radius 2 is 2.00 bits per heavy atom. The molecule has 0 amide bonds. The lowest BCUT2D eigenvalue weighted by Crippen LogP contribution is -2.11. The molecule has 0 radical (unpaired) electrons. The molecule has 24 heavy (non-hydrogen) atoms. The molecule has 0 saturated heterocycles. The van der Waals surface area contributed by atoms with Gasteiger partial charge in [-0.2, -0.15) is 0 Å². The van der Waals surface area contributed by atoms with Crippen LogP contribution in [-0.2, 0) is 0 Å². The molecule has 3 aromatic rings. The van der Waals surface area contributed by atoms with Gasteiger partial charge in [0.05, 0.1) is 10.9 Å². The molecule has 1 fully saturated rings. The fraction of sp³-hybridized carbons (Fsp3) is 0.316. The Morgan fingerprint density at radius 3 is 2.67 bits per heavy atom. The van der Waals surface area contributed by atoms with Crippen LogP contribution >= 0.6 is 11.9 Å². The van der Waals surface area contributed by atoms with Gasteiger partial charge in [-0.15, -0.1) is 0 Å². The monoisotopic (exact) mass is 339 g/mol. The summed E-state index contributed by atoms with van der Waals surface area (Å²) in [6, 6.07) is 10.6. The van der Waals surface area contributed by atoms with E-state index < -0.39 is 0 Å². The highest BCUT2D eigenvalue weighted by Gasteiger charge is 2.27. The molecule has 2 aromatic heterocycles. The van der Waals surface area contributed by atoms with Gasteiger partial charge in [-0.3, -0.25) is 9.93 Å². The molecule has 2 heterocycles. The first-order valence-corrected chi connectivity index (χ1v) is 9.26. The third-order valence-corrected chi connectivity index (χ3v) is 5.77. The lowest BCUT2D eigenvalue weighted by atomic mass is 10.1. The molecule has 4 rings (SSSR count). The van der Waals surface area contributed by atoms with E-state index in [1.165, 1.54) is 31.2 Å². The van der Waals surface area contributed by atoms with Crippen molar-refractivity contribution in [2.45, 2.75) is 37.1 Å². The summed E-state index contributed by atoms with van der Waals surface area (Å²) in [5.41, 5.74) is 3.06. The van der Waals surface area contributed by atoms with Gasteiger partial charge < -0.3 is 9.55 Å². The molecule has 1 saturated carbocycles. The normalized spacial score (nSPS) is 20.8. The number of hydrogen-bond acceptors (Lipinski definition) is 3. The third kappa shape index (κ3) is 2.48. The van der Waals surface area contributed by atoms with Crippen LogP contribution in [0.4, 0.5) is 0 Å². The predicted molar refractivity (Wildman–Crippen MR) is 100 cm³/mol. The number of aromatic amines is 1. The second kappa shape index (κ2) is 6.15. The maximum absolute atomic E-state index is 12.5. The van der Waals surface area contributed by atoms with Crippen molar-refractivity contribution in [2.24, 2.45) is 11.1 Å². The van der Waals surface area contributed by atoms with E-state index in [0.29, 0.717) is 12.0 Å². The predicted octanol–water partition coefficient (Wildman–Crippen LogP) is 4.32. The van der Waals surface area contributed by atoms with Crippen molar-refractivity contribution >= 4 is 22.9 Å². The lowest BCUT2D eigenvalue weighted by molar-refractivity contribution is 0.418. The quantitative estimate of drug-likeness (QED) is 0.698. The van der Waals surface area contributed by atoms with Crippen molar-refractivity contribution in [3.05, 3.63) is 53.1 Å². The van der Waals surface area contributed by atoms with Crippen molar-refractivity contribution in [1.82, 2.24) is 9.55 Å². The highest BCUT2D eigenvalue weighted by Crippen LogP contribution is 2.39. The molecular formula is C19H21N3OS. The third-order valence-electron chi connectivity index (χ3n) is 5.23. The standard InChI is InChI=1S/C19H21N3OS/c1-12-3-2-4-16(12)22-11-15(13-5-7-14(24-20)8-6-13)18-17(22)9-10-21-19(18)23/h5-12,16H,2-4,20H2,1H3,(H,21,23)/t12-,16?/m0/s1. The van der Waals surface area contributed by atoms with E-state index in [0.717, 1.165) is 26.9 Å². The van der Waals surface area contributed by atoms with E-state index >= 15 is 0 Å². The summed E-state index contributed by atoms with van der Waals surface area (Å²) in [6.45, 7) is 2.31. The average molecular weight is 339 g/mol. The number of nitrogens with zero attached hydrogens (tertiary/aromatic N) is 1. The molecule has 0 spiro atoms. The van der Waals surface area contributed by atoms with Crippen molar-refractivity contribution in [2.75, 3.05) is 0 Å². The molecule has 5 heteroatoms.